The average Bonchev–Trinajstić information content (AvgIpc) is 2.54. The van der Waals surface area contributed by atoms with Gasteiger partial charge < -0.3 is 10.0 Å². The van der Waals surface area contributed by atoms with Gasteiger partial charge in [-0.1, -0.05) is 30.3 Å². The van der Waals surface area contributed by atoms with E-state index < -0.39 is 5.97 Å². The molecule has 3 heteroatoms. The Balaban J connectivity index is 2.12. The molecule has 0 heterocycles. The lowest BCUT2D eigenvalue weighted by Crippen LogP contribution is -2.10. The molecule has 1 N–H and O–H groups in total. The number of carboxylic acids is 1. The van der Waals surface area contributed by atoms with Gasteiger partial charge in [-0.05, 0) is 53.7 Å². The van der Waals surface area contributed by atoms with Gasteiger partial charge in [0.05, 0.1) is 0 Å². The number of hydrogen-bond acceptors (Lipinski definition) is 2. The predicted molar refractivity (Wildman–Crippen MR) is 94.8 cm³/mol. The quantitative estimate of drug-likeness (QED) is 0.863. The summed E-state index contributed by atoms with van der Waals surface area (Å²) in [6.45, 7) is 0. The average molecular weight is 307 g/mol. The van der Waals surface area contributed by atoms with E-state index >= 15 is 0 Å². The molecule has 0 saturated heterocycles. The van der Waals surface area contributed by atoms with E-state index in [2.05, 4.69) is 35.2 Å². The van der Waals surface area contributed by atoms with Gasteiger partial charge in [0.15, 0.2) is 0 Å². The van der Waals surface area contributed by atoms with Crippen molar-refractivity contribution in [3.63, 3.8) is 0 Å². The van der Waals surface area contributed by atoms with Gasteiger partial charge in [-0.3, -0.25) is 0 Å². The second-order valence-electron chi connectivity index (χ2n) is 6.14. The molecule has 2 aromatic rings. The van der Waals surface area contributed by atoms with E-state index in [9.17, 15) is 4.79 Å². The summed E-state index contributed by atoms with van der Waals surface area (Å²) in [7, 11) is 4.07. The molecule has 0 radical (unpaired) electrons. The molecule has 0 unspecified atom stereocenters. The molecule has 1 aliphatic carbocycles. The molecule has 0 atom stereocenters. The van der Waals surface area contributed by atoms with Crippen molar-refractivity contribution in [1.29, 1.82) is 0 Å². The lowest BCUT2D eigenvalue weighted by atomic mass is 9.85. The maximum atomic E-state index is 11.1. The molecular formula is C20H21NO2. The molecule has 2 aromatic carbocycles. The van der Waals surface area contributed by atoms with Crippen LogP contribution in [0.15, 0.2) is 48.5 Å². The highest BCUT2D eigenvalue weighted by atomic mass is 16.4. The van der Waals surface area contributed by atoms with Crippen LogP contribution in [0.3, 0.4) is 0 Å². The highest BCUT2D eigenvalue weighted by molar-refractivity contribution is 5.92. The Morgan fingerprint density at radius 3 is 2.61 bits per heavy atom. The third kappa shape index (κ3) is 3.14. The van der Waals surface area contributed by atoms with Gasteiger partial charge in [-0.25, -0.2) is 4.79 Å². The number of aryl methyl sites for hydroxylation is 1. The maximum absolute atomic E-state index is 11.1. The second kappa shape index (κ2) is 6.29. The van der Waals surface area contributed by atoms with Crippen LogP contribution in [0.25, 0.3) is 16.7 Å². The maximum Gasteiger partial charge on any atom is 0.328 e. The zero-order valence-corrected chi connectivity index (χ0v) is 13.5. The number of carboxylic acid groups (broad SMARTS) is 1. The number of aliphatic carboxylic acids is 1. The number of carbonyl (C=O) groups is 1. The molecule has 0 fully saturated rings. The zero-order valence-electron chi connectivity index (χ0n) is 13.5. The summed E-state index contributed by atoms with van der Waals surface area (Å²) in [6.07, 6.45) is 4.22. The van der Waals surface area contributed by atoms with Crippen molar-refractivity contribution >= 4 is 17.2 Å². The molecule has 118 valence electrons. The molecule has 3 nitrogen and oxygen atoms in total. The first-order chi connectivity index (χ1) is 11.1. The fourth-order valence-electron chi connectivity index (χ4n) is 3.27. The Morgan fingerprint density at radius 2 is 1.87 bits per heavy atom. The van der Waals surface area contributed by atoms with E-state index in [-0.39, 0.29) is 0 Å². The van der Waals surface area contributed by atoms with Gasteiger partial charge in [0.2, 0.25) is 0 Å². The van der Waals surface area contributed by atoms with E-state index in [1.165, 1.54) is 17.2 Å². The van der Waals surface area contributed by atoms with Crippen LogP contribution in [0.2, 0.25) is 0 Å². The van der Waals surface area contributed by atoms with E-state index in [1.807, 2.05) is 26.2 Å². The van der Waals surface area contributed by atoms with Crippen molar-refractivity contribution < 1.29 is 9.90 Å². The number of nitrogens with zero attached hydrogens (tertiary/aromatic N) is 1. The smallest absolute Gasteiger partial charge is 0.328 e. The van der Waals surface area contributed by atoms with E-state index in [4.69, 9.17) is 5.11 Å². The molecule has 0 saturated carbocycles. The summed E-state index contributed by atoms with van der Waals surface area (Å²) in [5.74, 6) is -0.869. The Kier molecular flexibility index (Phi) is 4.20. The third-order valence-corrected chi connectivity index (χ3v) is 4.34. The number of allylic oxidation sites excluding steroid dienone is 1. The van der Waals surface area contributed by atoms with Gasteiger partial charge in [-0.15, -0.1) is 0 Å². The van der Waals surface area contributed by atoms with Crippen LogP contribution >= 0.6 is 0 Å². The number of hydrogen-bond donors (Lipinski definition) is 1. The largest absolute Gasteiger partial charge is 0.478 e. The van der Waals surface area contributed by atoms with Crippen LogP contribution in [0.1, 0.15) is 24.0 Å². The summed E-state index contributed by atoms with van der Waals surface area (Å²) in [5, 5.41) is 9.11. The predicted octanol–water partition coefficient (Wildman–Crippen LogP) is 4.22. The molecule has 1 aliphatic rings. The minimum absolute atomic E-state index is 0.831. The first-order valence-electron chi connectivity index (χ1n) is 7.90. The summed E-state index contributed by atoms with van der Waals surface area (Å²) >= 11 is 0. The Morgan fingerprint density at radius 1 is 1.09 bits per heavy atom. The number of para-hydroxylation sites is 1. The van der Waals surface area contributed by atoms with Gasteiger partial charge in [0.25, 0.3) is 0 Å². The highest BCUT2D eigenvalue weighted by Crippen LogP contribution is 2.36. The van der Waals surface area contributed by atoms with Gasteiger partial charge in [0, 0.05) is 31.4 Å². The van der Waals surface area contributed by atoms with Gasteiger partial charge in [0.1, 0.15) is 0 Å². The second-order valence-corrected chi connectivity index (χ2v) is 6.14. The van der Waals surface area contributed by atoms with Gasteiger partial charge >= 0.3 is 5.97 Å². The third-order valence-electron chi connectivity index (χ3n) is 4.34. The summed E-state index contributed by atoms with van der Waals surface area (Å²) in [5.41, 5.74) is 6.72. The van der Waals surface area contributed by atoms with Crippen molar-refractivity contribution in [2.45, 2.75) is 19.3 Å². The first-order valence-corrected chi connectivity index (χ1v) is 7.90. The molecule has 0 bridgehead atoms. The zero-order chi connectivity index (χ0) is 16.4. The SMILES string of the molecule is CN(C)c1ccccc1-c1ccc2c(c1)/C(=C/C(=O)O)CCC2. The number of anilines is 1. The van der Waals surface area contributed by atoms with Crippen molar-refractivity contribution in [1.82, 2.24) is 0 Å². The van der Waals surface area contributed by atoms with Crippen LogP contribution in [-0.4, -0.2) is 25.2 Å². The molecule has 0 amide bonds. The van der Waals surface area contributed by atoms with E-state index in [0.717, 1.165) is 41.6 Å². The fraction of sp³-hybridized carbons (Fsp3) is 0.250. The normalized spacial score (nSPS) is 15.3. The van der Waals surface area contributed by atoms with Crippen LogP contribution in [-0.2, 0) is 11.2 Å². The fourth-order valence-corrected chi connectivity index (χ4v) is 3.27. The molecule has 0 aliphatic heterocycles. The minimum Gasteiger partial charge on any atom is -0.478 e. The van der Waals surface area contributed by atoms with E-state index in [1.54, 1.807) is 0 Å². The number of fused-ring (bicyclic) bond motifs is 1. The summed E-state index contributed by atoms with van der Waals surface area (Å²) in [6, 6.07) is 14.7. The van der Waals surface area contributed by atoms with Gasteiger partial charge in [-0.2, -0.15) is 0 Å². The van der Waals surface area contributed by atoms with Crippen molar-refractivity contribution in [2.75, 3.05) is 19.0 Å². The molecule has 23 heavy (non-hydrogen) atoms. The van der Waals surface area contributed by atoms with Crippen LogP contribution in [0, 0.1) is 0 Å². The lowest BCUT2D eigenvalue weighted by Gasteiger charge is -2.22. The highest BCUT2D eigenvalue weighted by Gasteiger charge is 2.17. The topological polar surface area (TPSA) is 40.5 Å². The lowest BCUT2D eigenvalue weighted by molar-refractivity contribution is -0.131. The summed E-state index contributed by atoms with van der Waals surface area (Å²) < 4.78 is 0. The summed E-state index contributed by atoms with van der Waals surface area (Å²) in [4.78, 5) is 13.2. The molecule has 3 rings (SSSR count). The Labute approximate surface area is 136 Å². The standard InChI is InChI=1S/C20H21NO2/c1-21(2)19-9-4-3-8-17(19)16-11-10-14-6-5-7-15(13-20(22)23)18(14)12-16/h3-4,8-13H,5-7H2,1-2H3,(H,22,23)/b15-13+. The van der Waals surface area contributed by atoms with Crippen LogP contribution in [0.4, 0.5) is 5.69 Å². The van der Waals surface area contributed by atoms with Crippen molar-refractivity contribution in [3.05, 3.63) is 59.7 Å². The molecule has 0 aromatic heterocycles. The first kappa shape index (κ1) is 15.3. The molecular weight excluding hydrogens is 286 g/mol. The number of rotatable bonds is 3. The Hall–Kier alpha value is -2.55. The van der Waals surface area contributed by atoms with Crippen molar-refractivity contribution in [3.8, 4) is 11.1 Å². The minimum atomic E-state index is -0.869. The Bertz CT molecular complexity index is 775. The van der Waals surface area contributed by atoms with Crippen molar-refractivity contribution in [2.24, 2.45) is 0 Å². The number of benzene rings is 2. The van der Waals surface area contributed by atoms with E-state index in [0.29, 0.717) is 0 Å². The monoisotopic (exact) mass is 307 g/mol. The molecule has 0 spiro atoms. The van der Waals surface area contributed by atoms with Crippen LogP contribution < -0.4 is 4.90 Å². The van der Waals surface area contributed by atoms with Crippen LogP contribution in [0.5, 0.6) is 0 Å².